The summed E-state index contributed by atoms with van der Waals surface area (Å²) in [6.07, 6.45) is 3.52. The molecule has 2 aliphatic rings. The summed E-state index contributed by atoms with van der Waals surface area (Å²) in [6.45, 7) is 2.29. The molecule has 7 nitrogen and oxygen atoms in total. The van der Waals surface area contributed by atoms with Crippen molar-refractivity contribution in [2.45, 2.75) is 25.7 Å². The number of fused-ring (bicyclic) bond motifs is 1. The maximum absolute atomic E-state index is 12.7. The second-order valence-electron chi connectivity index (χ2n) is 9.22. The van der Waals surface area contributed by atoms with Crippen LogP contribution in [0, 0.1) is 11.3 Å². The van der Waals surface area contributed by atoms with E-state index >= 15 is 0 Å². The van der Waals surface area contributed by atoms with E-state index < -0.39 is 11.8 Å². The molecule has 0 spiro atoms. The summed E-state index contributed by atoms with van der Waals surface area (Å²) < 4.78 is 0. The molecule has 1 fully saturated rings. The van der Waals surface area contributed by atoms with Crippen molar-refractivity contribution < 1.29 is 9.59 Å². The minimum Gasteiger partial charge on any atom is -0.352 e. The van der Waals surface area contributed by atoms with E-state index in [1.807, 2.05) is 48.5 Å². The van der Waals surface area contributed by atoms with Gasteiger partial charge < -0.3 is 15.1 Å². The van der Waals surface area contributed by atoms with Gasteiger partial charge >= 0.3 is 11.8 Å². The Morgan fingerprint density at radius 1 is 0.917 bits per heavy atom. The van der Waals surface area contributed by atoms with Gasteiger partial charge in [-0.2, -0.15) is 5.26 Å². The Kier molecular flexibility index (Phi) is 6.94. The van der Waals surface area contributed by atoms with E-state index in [2.05, 4.69) is 28.4 Å². The van der Waals surface area contributed by atoms with Crippen LogP contribution in [0.25, 0.3) is 11.3 Å². The fourth-order valence-electron chi connectivity index (χ4n) is 5.13. The van der Waals surface area contributed by atoms with Gasteiger partial charge in [-0.3, -0.25) is 9.59 Å². The monoisotopic (exact) mass is 479 g/mol. The Labute approximate surface area is 211 Å². The number of pyridine rings is 1. The van der Waals surface area contributed by atoms with Crippen LogP contribution in [-0.2, 0) is 28.9 Å². The molecule has 1 saturated heterocycles. The van der Waals surface area contributed by atoms with E-state index in [1.165, 1.54) is 5.56 Å². The van der Waals surface area contributed by atoms with E-state index in [-0.39, 0.29) is 0 Å². The number of benzene rings is 2. The van der Waals surface area contributed by atoms with E-state index in [0.717, 1.165) is 41.6 Å². The molecule has 2 aromatic carbocycles. The number of nitriles is 1. The van der Waals surface area contributed by atoms with Gasteiger partial charge in [-0.15, -0.1) is 0 Å². The summed E-state index contributed by atoms with van der Waals surface area (Å²) >= 11 is 0. The highest BCUT2D eigenvalue weighted by Crippen LogP contribution is 2.37. The Hall–Kier alpha value is -4.18. The first-order chi connectivity index (χ1) is 17.7. The van der Waals surface area contributed by atoms with Crippen molar-refractivity contribution in [3.05, 3.63) is 82.9 Å². The third kappa shape index (κ3) is 4.80. The van der Waals surface area contributed by atoms with Crippen LogP contribution in [0.3, 0.4) is 0 Å². The number of piperazine rings is 1. The van der Waals surface area contributed by atoms with Crippen molar-refractivity contribution in [3.63, 3.8) is 0 Å². The van der Waals surface area contributed by atoms with Crippen LogP contribution < -0.4 is 10.2 Å². The summed E-state index contributed by atoms with van der Waals surface area (Å²) in [5.41, 5.74) is 6.07. The van der Waals surface area contributed by atoms with Crippen LogP contribution >= 0.6 is 0 Å². The lowest BCUT2D eigenvalue weighted by Crippen LogP contribution is -2.53. The number of rotatable bonds is 5. The first-order valence-corrected chi connectivity index (χ1v) is 12.5. The molecule has 1 aromatic heterocycles. The number of hydrogen-bond acceptors (Lipinski definition) is 5. The molecule has 182 valence electrons. The number of anilines is 1. The van der Waals surface area contributed by atoms with Gasteiger partial charge in [-0.1, -0.05) is 60.7 Å². The molecule has 36 heavy (non-hydrogen) atoms. The zero-order chi connectivity index (χ0) is 24.9. The van der Waals surface area contributed by atoms with Crippen LogP contribution in [-0.4, -0.2) is 54.4 Å². The zero-order valence-electron chi connectivity index (χ0n) is 20.2. The highest BCUT2D eigenvalue weighted by atomic mass is 16.2. The highest BCUT2D eigenvalue weighted by molar-refractivity contribution is 6.35. The normalized spacial score (nSPS) is 14.8. The van der Waals surface area contributed by atoms with Crippen LogP contribution in [0.4, 0.5) is 5.82 Å². The number of carbonyl (C=O) groups excluding carboxylic acids is 2. The first kappa shape index (κ1) is 23.6. The third-order valence-corrected chi connectivity index (χ3v) is 7.01. The molecule has 0 radical (unpaired) electrons. The lowest BCUT2D eigenvalue weighted by atomic mass is 9.98. The van der Waals surface area contributed by atoms with Gasteiger partial charge in [-0.25, -0.2) is 4.98 Å². The van der Waals surface area contributed by atoms with Gasteiger partial charge in [0, 0.05) is 38.3 Å². The second-order valence-corrected chi connectivity index (χ2v) is 9.22. The fraction of sp³-hybridized carbons (Fsp3) is 0.310. The Morgan fingerprint density at radius 3 is 2.28 bits per heavy atom. The number of nitrogens with one attached hydrogen (secondary N) is 1. The van der Waals surface area contributed by atoms with E-state index in [9.17, 15) is 14.9 Å². The van der Waals surface area contributed by atoms with Crippen molar-refractivity contribution in [3.8, 4) is 17.3 Å². The summed E-state index contributed by atoms with van der Waals surface area (Å²) in [5, 5.41) is 12.8. The molecular formula is C29H29N5O2. The minimum absolute atomic E-state index is 0.412. The van der Waals surface area contributed by atoms with Crippen LogP contribution in [0.1, 0.15) is 28.7 Å². The molecule has 2 heterocycles. The molecule has 0 unspecified atom stereocenters. The predicted molar refractivity (Wildman–Crippen MR) is 138 cm³/mol. The van der Waals surface area contributed by atoms with Crippen LogP contribution in [0.5, 0.6) is 0 Å². The van der Waals surface area contributed by atoms with Crippen molar-refractivity contribution in [1.29, 1.82) is 5.26 Å². The molecule has 1 N–H and O–H groups in total. The number of amides is 2. The lowest BCUT2D eigenvalue weighted by molar-refractivity contribution is -0.146. The van der Waals surface area contributed by atoms with Gasteiger partial charge in [0.05, 0.1) is 11.3 Å². The van der Waals surface area contributed by atoms with Gasteiger partial charge in [0.2, 0.25) is 0 Å². The van der Waals surface area contributed by atoms with Crippen molar-refractivity contribution in [1.82, 2.24) is 15.2 Å². The maximum Gasteiger partial charge on any atom is 0.312 e. The van der Waals surface area contributed by atoms with Gasteiger partial charge in [0.25, 0.3) is 0 Å². The average molecular weight is 480 g/mol. The van der Waals surface area contributed by atoms with Crippen molar-refractivity contribution >= 4 is 17.6 Å². The second kappa shape index (κ2) is 10.6. The van der Waals surface area contributed by atoms with Gasteiger partial charge in [-0.05, 0) is 42.4 Å². The SMILES string of the molecule is N#Cc1c(N2CCN(C(=O)C(=O)NCCc3ccccc3)CC2)nc(-c2ccccc2)c2c1CCC2. The number of nitrogens with zero attached hydrogens (tertiary/aromatic N) is 4. The summed E-state index contributed by atoms with van der Waals surface area (Å²) in [6, 6.07) is 22.4. The lowest BCUT2D eigenvalue weighted by Gasteiger charge is -2.36. The zero-order valence-corrected chi connectivity index (χ0v) is 20.2. The third-order valence-electron chi connectivity index (χ3n) is 7.01. The topological polar surface area (TPSA) is 89.3 Å². The smallest absolute Gasteiger partial charge is 0.312 e. The van der Waals surface area contributed by atoms with Gasteiger partial charge in [0.1, 0.15) is 11.9 Å². The summed E-state index contributed by atoms with van der Waals surface area (Å²) in [7, 11) is 0. The van der Waals surface area contributed by atoms with Crippen molar-refractivity contribution in [2.24, 2.45) is 0 Å². The fourth-order valence-corrected chi connectivity index (χ4v) is 5.13. The standard InChI is InChI=1S/C29H29N5O2/c30-20-25-23-12-7-13-24(23)26(22-10-5-2-6-11-22)32-27(25)33-16-18-34(19-17-33)29(36)28(35)31-15-14-21-8-3-1-4-9-21/h1-6,8-11H,7,12-19H2,(H,31,35). The minimum atomic E-state index is -0.570. The maximum atomic E-state index is 12.7. The molecule has 0 atom stereocenters. The predicted octanol–water partition coefficient (Wildman–Crippen LogP) is 3.12. The van der Waals surface area contributed by atoms with E-state index in [1.54, 1.807) is 4.90 Å². The first-order valence-electron chi connectivity index (χ1n) is 12.5. The molecule has 7 heteroatoms. The molecule has 3 aromatic rings. The molecule has 0 saturated carbocycles. The molecular weight excluding hydrogens is 450 g/mol. The quantitative estimate of drug-likeness (QED) is 0.568. The van der Waals surface area contributed by atoms with E-state index in [4.69, 9.17) is 4.98 Å². The Balaban J connectivity index is 1.26. The molecule has 2 amide bonds. The van der Waals surface area contributed by atoms with Gasteiger partial charge in [0.15, 0.2) is 0 Å². The average Bonchev–Trinajstić information content (AvgIpc) is 3.43. The number of carbonyl (C=O) groups is 2. The number of hydrogen-bond donors (Lipinski definition) is 1. The molecule has 1 aliphatic heterocycles. The van der Waals surface area contributed by atoms with E-state index in [0.29, 0.717) is 50.5 Å². The molecule has 5 rings (SSSR count). The van der Waals surface area contributed by atoms with Crippen molar-refractivity contribution in [2.75, 3.05) is 37.6 Å². The Bertz CT molecular complexity index is 1290. The van der Waals surface area contributed by atoms with Crippen LogP contribution in [0.15, 0.2) is 60.7 Å². The Morgan fingerprint density at radius 2 is 1.58 bits per heavy atom. The summed E-state index contributed by atoms with van der Waals surface area (Å²) in [4.78, 5) is 33.8. The highest BCUT2D eigenvalue weighted by Gasteiger charge is 2.30. The molecule has 1 aliphatic carbocycles. The largest absolute Gasteiger partial charge is 0.352 e. The molecule has 0 bridgehead atoms. The number of aromatic nitrogens is 1. The van der Waals surface area contributed by atoms with Crippen LogP contribution in [0.2, 0.25) is 0 Å². The summed E-state index contributed by atoms with van der Waals surface area (Å²) in [5.74, 6) is -0.384.